The van der Waals surface area contributed by atoms with Gasteiger partial charge in [0, 0.05) is 0 Å². The van der Waals surface area contributed by atoms with Gasteiger partial charge in [-0.05, 0) is 36.2 Å². The van der Waals surface area contributed by atoms with Crippen LogP contribution < -0.4 is 4.90 Å². The Kier molecular flexibility index (Phi) is 5.16. The third-order valence-electron chi connectivity index (χ3n) is 4.08. The van der Waals surface area contributed by atoms with E-state index in [0.29, 0.717) is 17.3 Å². The molecule has 0 aliphatic carbocycles. The van der Waals surface area contributed by atoms with Crippen molar-refractivity contribution < 1.29 is 9.21 Å². The monoisotopic (exact) mass is 375 g/mol. The van der Waals surface area contributed by atoms with Crippen LogP contribution in [0.3, 0.4) is 0 Å². The summed E-state index contributed by atoms with van der Waals surface area (Å²) in [6.45, 7) is 0. The van der Waals surface area contributed by atoms with Gasteiger partial charge in [0.25, 0.3) is 0 Å². The van der Waals surface area contributed by atoms with Crippen LogP contribution in [0, 0.1) is 0 Å². The Bertz CT molecular complexity index is 954. The van der Waals surface area contributed by atoms with Gasteiger partial charge in [-0.3, -0.25) is 9.69 Å². The van der Waals surface area contributed by atoms with Gasteiger partial charge in [0.2, 0.25) is 5.91 Å². The van der Waals surface area contributed by atoms with E-state index in [1.165, 1.54) is 18.0 Å². The van der Waals surface area contributed by atoms with Crippen molar-refractivity contribution in [1.82, 2.24) is 0 Å². The lowest BCUT2D eigenvalue weighted by molar-refractivity contribution is -0.116. The molecule has 1 saturated heterocycles. The summed E-state index contributed by atoms with van der Waals surface area (Å²) in [5, 5.41) is 8.73. The Morgan fingerprint density at radius 2 is 1.74 bits per heavy atom. The molecule has 6 heteroatoms. The zero-order chi connectivity index (χ0) is 18.5. The predicted octanol–water partition coefficient (Wildman–Crippen LogP) is 4.36. The molecule has 1 unspecified atom stereocenters. The summed E-state index contributed by atoms with van der Waals surface area (Å²) < 4.78 is 5.23. The van der Waals surface area contributed by atoms with Crippen LogP contribution in [-0.2, 0) is 11.2 Å². The molecule has 27 heavy (non-hydrogen) atoms. The fraction of sp³-hybridized carbons (Fsp3) is 0.0952. The number of para-hydroxylation sites is 1. The molecule has 1 aromatic heterocycles. The van der Waals surface area contributed by atoms with Gasteiger partial charge in [-0.2, -0.15) is 5.10 Å². The highest BCUT2D eigenvalue weighted by Gasteiger charge is 2.39. The molecule has 0 N–H and O–H groups in total. The maximum Gasteiger partial charge on any atom is 0.247 e. The Balaban J connectivity index is 1.61. The summed E-state index contributed by atoms with van der Waals surface area (Å²) >= 11 is 1.44. The molecule has 0 spiro atoms. The molecule has 0 radical (unpaired) electrons. The largest absolute Gasteiger partial charge is 0.463 e. The fourth-order valence-electron chi connectivity index (χ4n) is 2.81. The number of anilines is 1. The molecule has 0 bridgehead atoms. The smallest absolute Gasteiger partial charge is 0.247 e. The number of nitrogens with zero attached hydrogens (tertiary/aromatic N) is 3. The summed E-state index contributed by atoms with van der Waals surface area (Å²) in [4.78, 5) is 14.7. The first-order chi connectivity index (χ1) is 13.3. The first-order valence-electron chi connectivity index (χ1n) is 8.55. The van der Waals surface area contributed by atoms with Gasteiger partial charge in [-0.1, -0.05) is 60.3 Å². The lowest BCUT2D eigenvalue weighted by atomic mass is 10.1. The third-order valence-corrected chi connectivity index (χ3v) is 5.21. The number of benzene rings is 2. The van der Waals surface area contributed by atoms with E-state index < -0.39 is 0 Å². The molecule has 1 amide bonds. The number of carbonyl (C=O) groups excluding carboxylic acids is 1. The minimum atomic E-state index is -0.231. The van der Waals surface area contributed by atoms with Crippen molar-refractivity contribution in [3.05, 3.63) is 90.4 Å². The average molecular weight is 375 g/mol. The van der Waals surface area contributed by atoms with Crippen LogP contribution in [0.15, 0.2) is 93.7 Å². The van der Waals surface area contributed by atoms with E-state index in [0.717, 1.165) is 11.3 Å². The van der Waals surface area contributed by atoms with E-state index in [1.807, 2.05) is 60.7 Å². The fourth-order valence-corrected chi connectivity index (χ4v) is 3.94. The molecule has 2 aromatic carbocycles. The maximum atomic E-state index is 13.1. The number of thioether (sulfide) groups is 1. The molecule has 0 saturated carbocycles. The Labute approximate surface area is 161 Å². The first-order valence-corrected chi connectivity index (χ1v) is 9.43. The summed E-state index contributed by atoms with van der Waals surface area (Å²) in [5.74, 6) is 0.628. The lowest BCUT2D eigenvalue weighted by Crippen LogP contribution is -2.32. The maximum absolute atomic E-state index is 13.1. The van der Waals surface area contributed by atoms with Gasteiger partial charge < -0.3 is 4.42 Å². The zero-order valence-corrected chi connectivity index (χ0v) is 15.3. The highest BCUT2D eigenvalue weighted by atomic mass is 32.2. The first kappa shape index (κ1) is 17.3. The number of hydrogen-bond acceptors (Lipinski definition) is 5. The zero-order valence-electron chi connectivity index (χ0n) is 14.4. The van der Waals surface area contributed by atoms with E-state index in [-0.39, 0.29) is 11.2 Å². The lowest BCUT2D eigenvalue weighted by Gasteiger charge is -2.15. The highest BCUT2D eigenvalue weighted by molar-refractivity contribution is 8.16. The van der Waals surface area contributed by atoms with Crippen molar-refractivity contribution in [3.8, 4) is 0 Å². The number of furan rings is 1. The average Bonchev–Trinajstić information content (AvgIpc) is 3.32. The topological polar surface area (TPSA) is 58.2 Å². The normalized spacial score (nSPS) is 18.7. The second kappa shape index (κ2) is 8.05. The minimum Gasteiger partial charge on any atom is -0.463 e. The molecular weight excluding hydrogens is 358 g/mol. The van der Waals surface area contributed by atoms with E-state index in [9.17, 15) is 4.79 Å². The molecule has 4 rings (SSSR count). The molecule has 2 heterocycles. The number of rotatable bonds is 5. The molecule has 1 fully saturated rings. The molecule has 1 aliphatic heterocycles. The van der Waals surface area contributed by atoms with Gasteiger partial charge in [-0.15, -0.1) is 5.10 Å². The Morgan fingerprint density at radius 1 is 1.00 bits per heavy atom. The quantitative estimate of drug-likeness (QED) is 0.492. The summed E-state index contributed by atoms with van der Waals surface area (Å²) in [6.07, 6.45) is 3.76. The van der Waals surface area contributed by atoms with Crippen molar-refractivity contribution in [2.45, 2.75) is 11.7 Å². The van der Waals surface area contributed by atoms with Crippen molar-refractivity contribution in [3.63, 3.8) is 0 Å². The second-order valence-electron chi connectivity index (χ2n) is 5.95. The van der Waals surface area contributed by atoms with E-state index in [2.05, 4.69) is 10.2 Å². The van der Waals surface area contributed by atoms with Gasteiger partial charge in [0.05, 0.1) is 23.4 Å². The van der Waals surface area contributed by atoms with Crippen molar-refractivity contribution >= 4 is 34.7 Å². The van der Waals surface area contributed by atoms with Crippen LogP contribution in [0.25, 0.3) is 0 Å². The molecule has 134 valence electrons. The van der Waals surface area contributed by atoms with Crippen LogP contribution in [0.5, 0.6) is 0 Å². The van der Waals surface area contributed by atoms with Gasteiger partial charge in [-0.25, -0.2) is 0 Å². The molecule has 3 aromatic rings. The van der Waals surface area contributed by atoms with Gasteiger partial charge in [0.15, 0.2) is 5.17 Å². The molecule has 1 atom stereocenters. The van der Waals surface area contributed by atoms with Crippen LogP contribution in [-0.4, -0.2) is 22.5 Å². The van der Waals surface area contributed by atoms with E-state index in [1.54, 1.807) is 23.3 Å². The summed E-state index contributed by atoms with van der Waals surface area (Å²) in [5.41, 5.74) is 1.91. The summed E-state index contributed by atoms with van der Waals surface area (Å²) in [7, 11) is 0. The summed E-state index contributed by atoms with van der Waals surface area (Å²) in [6, 6.07) is 23.1. The van der Waals surface area contributed by atoms with E-state index in [4.69, 9.17) is 4.42 Å². The van der Waals surface area contributed by atoms with Crippen LogP contribution in [0.2, 0.25) is 0 Å². The Hall–Kier alpha value is -3.12. The Morgan fingerprint density at radius 3 is 2.44 bits per heavy atom. The second-order valence-corrected chi connectivity index (χ2v) is 7.12. The number of amides is 1. The molecule has 1 aliphatic rings. The molecule has 5 nitrogen and oxygen atoms in total. The third kappa shape index (κ3) is 4.01. The minimum absolute atomic E-state index is 0.0157. The van der Waals surface area contributed by atoms with Crippen molar-refractivity contribution in [2.75, 3.05) is 4.90 Å². The standard InChI is InChI=1S/C21H17N3O2S/c25-20-19(14-16-8-3-1-4-9-16)27-21(23-22-15-18-12-7-13-26-18)24(20)17-10-5-2-6-11-17/h1-13,15,19H,14H2/b22-15+,23-21-. The van der Waals surface area contributed by atoms with Crippen LogP contribution >= 0.6 is 11.8 Å². The van der Waals surface area contributed by atoms with Crippen molar-refractivity contribution in [2.24, 2.45) is 10.2 Å². The SMILES string of the molecule is O=C1C(Cc2ccccc2)S/C(=N\N=C\c2ccco2)N1c1ccccc1. The highest BCUT2D eigenvalue weighted by Crippen LogP contribution is 2.33. The van der Waals surface area contributed by atoms with Crippen molar-refractivity contribution in [1.29, 1.82) is 0 Å². The predicted molar refractivity (Wildman–Crippen MR) is 109 cm³/mol. The number of amidine groups is 1. The number of hydrogen-bond donors (Lipinski definition) is 0. The molecular formula is C21H17N3O2S. The van der Waals surface area contributed by atoms with E-state index >= 15 is 0 Å². The van der Waals surface area contributed by atoms with Gasteiger partial charge >= 0.3 is 0 Å². The number of carbonyl (C=O) groups is 1. The van der Waals surface area contributed by atoms with Crippen LogP contribution in [0.4, 0.5) is 5.69 Å². The van der Waals surface area contributed by atoms with Crippen LogP contribution in [0.1, 0.15) is 11.3 Å². The van der Waals surface area contributed by atoms with Gasteiger partial charge in [0.1, 0.15) is 5.76 Å².